The van der Waals surface area contributed by atoms with Crippen molar-refractivity contribution in [2.75, 3.05) is 13.7 Å². The molecule has 1 aromatic rings. The average Bonchev–Trinajstić information content (AvgIpc) is 2.37. The highest BCUT2D eigenvalue weighted by Crippen LogP contribution is 2.28. The Morgan fingerprint density at radius 1 is 1.39 bits per heavy atom. The molecule has 0 fully saturated rings. The molecule has 0 bridgehead atoms. The van der Waals surface area contributed by atoms with Gasteiger partial charge in [-0.1, -0.05) is 26.0 Å². The first-order valence-electron chi connectivity index (χ1n) is 6.11. The number of rotatable bonds is 5. The third-order valence-electron chi connectivity index (χ3n) is 2.80. The summed E-state index contributed by atoms with van der Waals surface area (Å²) in [7, 11) is 1.57. The van der Waals surface area contributed by atoms with E-state index in [0.717, 1.165) is 5.56 Å². The fraction of sp³-hybridized carbons (Fsp3) is 0.500. The van der Waals surface area contributed by atoms with Gasteiger partial charge in [0.2, 0.25) is 0 Å². The van der Waals surface area contributed by atoms with E-state index in [1.807, 2.05) is 18.2 Å². The van der Waals surface area contributed by atoms with E-state index in [9.17, 15) is 4.79 Å². The molecule has 4 nitrogen and oxygen atoms in total. The predicted octanol–water partition coefficient (Wildman–Crippen LogP) is 2.38. The second-order valence-electron chi connectivity index (χ2n) is 4.39. The Labute approximate surface area is 108 Å². The maximum absolute atomic E-state index is 11.6. The SMILES string of the molecule is CCOC(=O)C(N)c1ccc(C(C)C)cc1OC. The van der Waals surface area contributed by atoms with Gasteiger partial charge in [0.15, 0.2) is 0 Å². The van der Waals surface area contributed by atoms with Gasteiger partial charge in [-0.05, 0) is 24.5 Å². The standard InChI is InChI=1S/C14H21NO3/c1-5-18-14(16)13(15)11-7-6-10(9(2)3)8-12(11)17-4/h6-9,13H,5,15H2,1-4H3. The number of carbonyl (C=O) groups is 1. The molecule has 0 aromatic heterocycles. The van der Waals surface area contributed by atoms with Crippen LogP contribution in [0.1, 0.15) is 43.9 Å². The Bertz CT molecular complexity index is 416. The normalized spacial score (nSPS) is 12.3. The zero-order valence-electron chi connectivity index (χ0n) is 11.4. The van der Waals surface area contributed by atoms with Crippen LogP contribution in [0.3, 0.4) is 0 Å². The lowest BCUT2D eigenvalue weighted by molar-refractivity contribution is -0.144. The lowest BCUT2D eigenvalue weighted by Crippen LogP contribution is -2.24. The van der Waals surface area contributed by atoms with Crippen molar-refractivity contribution >= 4 is 5.97 Å². The lowest BCUT2D eigenvalue weighted by Gasteiger charge is -2.16. The molecule has 2 N–H and O–H groups in total. The minimum atomic E-state index is -0.805. The summed E-state index contributed by atoms with van der Waals surface area (Å²) in [6, 6.07) is 4.90. The Kier molecular flexibility index (Phi) is 5.16. The van der Waals surface area contributed by atoms with E-state index in [4.69, 9.17) is 15.2 Å². The topological polar surface area (TPSA) is 61.5 Å². The molecule has 1 aromatic carbocycles. The highest BCUT2D eigenvalue weighted by atomic mass is 16.5. The molecule has 0 aliphatic carbocycles. The summed E-state index contributed by atoms with van der Waals surface area (Å²) >= 11 is 0. The number of benzene rings is 1. The molecule has 100 valence electrons. The van der Waals surface area contributed by atoms with E-state index in [-0.39, 0.29) is 0 Å². The van der Waals surface area contributed by atoms with Gasteiger partial charge in [0.05, 0.1) is 13.7 Å². The van der Waals surface area contributed by atoms with Crippen LogP contribution < -0.4 is 10.5 Å². The maximum Gasteiger partial charge on any atom is 0.327 e. The summed E-state index contributed by atoms with van der Waals surface area (Å²) in [5, 5.41) is 0. The Morgan fingerprint density at radius 3 is 2.56 bits per heavy atom. The van der Waals surface area contributed by atoms with Gasteiger partial charge in [-0.2, -0.15) is 0 Å². The van der Waals surface area contributed by atoms with Crippen LogP contribution in [-0.2, 0) is 9.53 Å². The molecule has 0 aliphatic rings. The Hall–Kier alpha value is -1.55. The van der Waals surface area contributed by atoms with E-state index in [0.29, 0.717) is 23.8 Å². The molecule has 0 spiro atoms. The van der Waals surface area contributed by atoms with E-state index in [2.05, 4.69) is 13.8 Å². The first kappa shape index (κ1) is 14.5. The molecule has 0 heterocycles. The summed E-state index contributed by atoms with van der Waals surface area (Å²) in [4.78, 5) is 11.6. The molecular weight excluding hydrogens is 230 g/mol. The van der Waals surface area contributed by atoms with Gasteiger partial charge in [0.1, 0.15) is 11.8 Å². The van der Waals surface area contributed by atoms with Gasteiger partial charge < -0.3 is 15.2 Å². The molecule has 1 rings (SSSR count). The maximum atomic E-state index is 11.6. The molecule has 18 heavy (non-hydrogen) atoms. The quantitative estimate of drug-likeness (QED) is 0.816. The summed E-state index contributed by atoms with van der Waals surface area (Å²) < 4.78 is 10.2. The fourth-order valence-corrected chi connectivity index (χ4v) is 1.70. The van der Waals surface area contributed by atoms with Crippen molar-refractivity contribution in [2.45, 2.75) is 32.7 Å². The number of ether oxygens (including phenoxy) is 2. The Balaban J connectivity index is 3.05. The average molecular weight is 251 g/mol. The third kappa shape index (κ3) is 3.23. The van der Waals surface area contributed by atoms with Gasteiger partial charge in [0, 0.05) is 5.56 Å². The van der Waals surface area contributed by atoms with Crippen LogP contribution >= 0.6 is 0 Å². The number of nitrogens with two attached hydrogens (primary N) is 1. The third-order valence-corrected chi connectivity index (χ3v) is 2.80. The summed E-state index contributed by atoms with van der Waals surface area (Å²) in [6.45, 7) is 6.27. The first-order chi connectivity index (χ1) is 8.51. The molecule has 0 saturated carbocycles. The van der Waals surface area contributed by atoms with Crippen LogP contribution in [0.25, 0.3) is 0 Å². The molecule has 0 saturated heterocycles. The molecule has 1 atom stereocenters. The second-order valence-corrected chi connectivity index (χ2v) is 4.39. The van der Waals surface area contributed by atoms with Gasteiger partial charge >= 0.3 is 5.97 Å². The zero-order valence-corrected chi connectivity index (χ0v) is 11.4. The fourth-order valence-electron chi connectivity index (χ4n) is 1.70. The van der Waals surface area contributed by atoms with Crippen molar-refractivity contribution in [2.24, 2.45) is 5.73 Å². The van der Waals surface area contributed by atoms with Crippen LogP contribution in [0.15, 0.2) is 18.2 Å². The lowest BCUT2D eigenvalue weighted by atomic mass is 9.98. The zero-order chi connectivity index (χ0) is 13.7. The van der Waals surface area contributed by atoms with Crippen molar-refractivity contribution in [3.8, 4) is 5.75 Å². The van der Waals surface area contributed by atoms with E-state index < -0.39 is 12.0 Å². The van der Waals surface area contributed by atoms with Crippen LogP contribution in [0.4, 0.5) is 0 Å². The molecule has 4 heteroatoms. The number of esters is 1. The van der Waals surface area contributed by atoms with Gasteiger partial charge in [-0.15, -0.1) is 0 Å². The van der Waals surface area contributed by atoms with Crippen LogP contribution in [0.2, 0.25) is 0 Å². The van der Waals surface area contributed by atoms with E-state index >= 15 is 0 Å². The van der Waals surface area contributed by atoms with Crippen molar-refractivity contribution in [1.29, 1.82) is 0 Å². The van der Waals surface area contributed by atoms with Crippen LogP contribution in [0, 0.1) is 0 Å². The van der Waals surface area contributed by atoms with Crippen molar-refractivity contribution in [3.05, 3.63) is 29.3 Å². The highest BCUT2D eigenvalue weighted by molar-refractivity contribution is 5.78. The summed E-state index contributed by atoms with van der Waals surface area (Å²) in [5.41, 5.74) is 7.67. The predicted molar refractivity (Wildman–Crippen MR) is 70.6 cm³/mol. The van der Waals surface area contributed by atoms with E-state index in [1.165, 1.54) is 0 Å². The summed E-state index contributed by atoms with van der Waals surface area (Å²) in [6.07, 6.45) is 0. The number of methoxy groups -OCH3 is 1. The minimum Gasteiger partial charge on any atom is -0.496 e. The van der Waals surface area contributed by atoms with Crippen molar-refractivity contribution in [1.82, 2.24) is 0 Å². The van der Waals surface area contributed by atoms with Crippen molar-refractivity contribution < 1.29 is 14.3 Å². The Morgan fingerprint density at radius 2 is 2.06 bits per heavy atom. The molecular formula is C14H21NO3. The summed E-state index contributed by atoms with van der Waals surface area (Å²) in [5.74, 6) is 0.585. The number of hydrogen-bond acceptors (Lipinski definition) is 4. The molecule has 1 unspecified atom stereocenters. The minimum absolute atomic E-state index is 0.318. The second kappa shape index (κ2) is 6.40. The van der Waals surface area contributed by atoms with Crippen LogP contribution in [-0.4, -0.2) is 19.7 Å². The van der Waals surface area contributed by atoms with Crippen molar-refractivity contribution in [3.63, 3.8) is 0 Å². The van der Waals surface area contributed by atoms with Gasteiger partial charge in [0.25, 0.3) is 0 Å². The highest BCUT2D eigenvalue weighted by Gasteiger charge is 2.21. The largest absolute Gasteiger partial charge is 0.496 e. The van der Waals surface area contributed by atoms with Crippen LogP contribution in [0.5, 0.6) is 5.75 Å². The number of hydrogen-bond donors (Lipinski definition) is 1. The number of carbonyl (C=O) groups excluding carboxylic acids is 1. The van der Waals surface area contributed by atoms with E-state index in [1.54, 1.807) is 14.0 Å². The van der Waals surface area contributed by atoms with Gasteiger partial charge in [-0.25, -0.2) is 4.79 Å². The molecule has 0 amide bonds. The first-order valence-corrected chi connectivity index (χ1v) is 6.11. The monoisotopic (exact) mass is 251 g/mol. The molecule has 0 aliphatic heterocycles. The smallest absolute Gasteiger partial charge is 0.327 e. The molecule has 0 radical (unpaired) electrons. The van der Waals surface area contributed by atoms with Gasteiger partial charge in [-0.3, -0.25) is 0 Å².